The molecular weight excluding hydrogens is 1180 g/mol. The smallest absolute Gasteiger partial charge is 0.0812 e. The zero-order chi connectivity index (χ0) is 65.1. The number of hydrogen-bond donors (Lipinski definition) is 0. The van der Waals surface area contributed by atoms with Gasteiger partial charge in [0.1, 0.15) is 0 Å². The predicted octanol–water partition coefficient (Wildman–Crippen LogP) is 22.7. The summed E-state index contributed by atoms with van der Waals surface area (Å²) >= 11 is 1.60. The van der Waals surface area contributed by atoms with Gasteiger partial charge in [-0.15, -0.1) is 11.3 Å². The molecule has 1 saturated carbocycles. The minimum atomic E-state index is 0.821. The Morgan fingerprint density at radius 2 is 0.853 bits per heavy atom. The summed E-state index contributed by atoms with van der Waals surface area (Å²) in [6, 6.07) is 80.1. The van der Waals surface area contributed by atoms with Crippen molar-refractivity contribution >= 4 is 50.7 Å². The molecule has 0 aliphatic heterocycles. The molecule has 13 aromatic rings. The van der Waals surface area contributed by atoms with Gasteiger partial charge in [-0.1, -0.05) is 256 Å². The van der Waals surface area contributed by atoms with Crippen LogP contribution in [-0.4, -0.2) is 34.9 Å². The third-order valence-electron chi connectivity index (χ3n) is 15.5. The van der Waals surface area contributed by atoms with Crippen LogP contribution in [0.2, 0.25) is 0 Å². The first-order valence-electron chi connectivity index (χ1n) is 32.5. The number of allylic oxidation sites excluding steroid dienone is 10. The second kappa shape index (κ2) is 41.3. The predicted molar refractivity (Wildman–Crippen MR) is 402 cm³/mol. The van der Waals surface area contributed by atoms with Gasteiger partial charge in [0.25, 0.3) is 0 Å². The number of pyridine rings is 6. The normalized spacial score (nSPS) is 12.7. The van der Waals surface area contributed by atoms with Crippen LogP contribution in [0.15, 0.2) is 364 Å². The van der Waals surface area contributed by atoms with Crippen LogP contribution in [-0.2, 0) is 12.8 Å². The molecule has 5 aliphatic carbocycles. The highest BCUT2D eigenvalue weighted by Gasteiger charge is 2.14. The molecule has 7 nitrogen and oxygen atoms in total. The van der Waals surface area contributed by atoms with E-state index in [1.807, 2.05) is 145 Å². The Balaban J connectivity index is 0.000000125. The van der Waals surface area contributed by atoms with Crippen LogP contribution in [0.3, 0.4) is 0 Å². The highest BCUT2D eigenvalue weighted by Crippen LogP contribution is 2.32. The molecule has 7 aromatic heterocycles. The van der Waals surface area contributed by atoms with Crippen molar-refractivity contribution in [2.24, 2.45) is 0 Å². The number of rotatable bonds is 4. The van der Waals surface area contributed by atoms with Gasteiger partial charge >= 0.3 is 0 Å². The summed E-state index contributed by atoms with van der Waals surface area (Å²) in [7, 11) is 0. The summed E-state index contributed by atoms with van der Waals surface area (Å²) in [5.41, 5.74) is 17.0. The van der Waals surface area contributed by atoms with Crippen molar-refractivity contribution in [2.75, 3.05) is 0 Å². The second-order valence-corrected chi connectivity index (χ2v) is 22.8. The van der Waals surface area contributed by atoms with Crippen LogP contribution in [0.1, 0.15) is 84.4 Å². The third-order valence-corrected chi connectivity index (χ3v) is 16.1. The van der Waals surface area contributed by atoms with E-state index in [1.54, 1.807) is 36.1 Å². The number of nitrogens with zero attached hydrogens (tertiary/aromatic N) is 7. The van der Waals surface area contributed by atoms with E-state index in [0.29, 0.717) is 0 Å². The van der Waals surface area contributed by atoms with Crippen molar-refractivity contribution in [2.45, 2.75) is 63.7 Å². The molecule has 1 fully saturated rings. The Morgan fingerprint density at radius 3 is 1.42 bits per heavy atom. The highest BCUT2D eigenvalue weighted by atomic mass is 32.1. The van der Waals surface area contributed by atoms with Crippen molar-refractivity contribution in [3.63, 3.8) is 0 Å². The molecule has 0 atom stereocenters. The number of hydrogen-bond acceptors (Lipinski definition) is 8. The Bertz CT molecular complexity index is 4050. The molecule has 6 aromatic carbocycles. The largest absolute Gasteiger partial charge is 0.265 e. The molecule has 470 valence electrons. The Morgan fingerprint density at radius 1 is 0.337 bits per heavy atom. The molecule has 0 saturated heterocycles. The summed E-state index contributed by atoms with van der Waals surface area (Å²) in [5, 5.41) is 5.84. The van der Waals surface area contributed by atoms with Crippen LogP contribution in [0.25, 0.3) is 61.8 Å². The summed E-state index contributed by atoms with van der Waals surface area (Å²) in [4.78, 5) is 28.3. The highest BCUT2D eigenvalue weighted by molar-refractivity contribution is 7.07. The maximum Gasteiger partial charge on any atom is 0.0812 e. The van der Waals surface area contributed by atoms with Gasteiger partial charge in [-0.05, 0) is 160 Å². The Labute approximate surface area is 565 Å². The van der Waals surface area contributed by atoms with E-state index in [4.69, 9.17) is 0 Å². The molecule has 0 amide bonds. The molecule has 18 rings (SSSR count). The van der Waals surface area contributed by atoms with Gasteiger partial charge < -0.3 is 0 Å². The first-order chi connectivity index (χ1) is 47.2. The van der Waals surface area contributed by atoms with E-state index < -0.39 is 0 Å². The van der Waals surface area contributed by atoms with Gasteiger partial charge in [0.2, 0.25) is 0 Å². The van der Waals surface area contributed by atoms with E-state index >= 15 is 0 Å². The standard InChI is InChI=1S/C11H15N.C11H9N.C11H10.C10H8.C9H7N.C9H8.C8H6N2S.C8H7N.C5H5N.C5H6/c2*1-2-4-10(5-3-1)11-6-8-12-9-7-11;1-2-6-10(7-3-1)11-8-4-5-9-11;1-2-6-10-8-4-3-7-9(10)5-1;1-2-6-9-8(4-1)5-3-7-10-9;1-2-5-9-7-3-6-8(9)4-1;1-3-9-4-2-7(1)8-5-11-6-10-8;1-3-7-4-2-6-9-8(7)5-1;1-2-4-6-5-3-1;1-2-4-5-3-1/h6-10H,1-5H2;1-9H;1-4,6-9H,5H2;1-8H;1-7H;1-6H,7H2;1-6H;1-4,6H,5H2;1-5H;1-4H,5H2. The quantitative estimate of drug-likeness (QED) is 0.173. The van der Waals surface area contributed by atoms with Gasteiger partial charge in [0, 0.05) is 84.7 Å². The van der Waals surface area contributed by atoms with E-state index in [9.17, 15) is 0 Å². The van der Waals surface area contributed by atoms with Gasteiger partial charge in [-0.25, -0.2) is 4.98 Å². The van der Waals surface area contributed by atoms with E-state index in [2.05, 4.69) is 241 Å². The number of aromatic nitrogens is 7. The maximum atomic E-state index is 4.20. The molecule has 0 radical (unpaired) electrons. The van der Waals surface area contributed by atoms with Gasteiger partial charge in [0.15, 0.2) is 0 Å². The lowest BCUT2D eigenvalue weighted by atomic mass is 9.85. The minimum Gasteiger partial charge on any atom is -0.265 e. The average Bonchev–Trinajstić information content (AvgIpc) is 3.29. The number of fused-ring (bicyclic) bond motifs is 4. The monoisotopic (exact) mass is 1260 g/mol. The Kier molecular flexibility index (Phi) is 29.7. The fourth-order valence-electron chi connectivity index (χ4n) is 10.5. The van der Waals surface area contributed by atoms with Crippen molar-refractivity contribution < 1.29 is 0 Å². The van der Waals surface area contributed by atoms with Gasteiger partial charge in [0.05, 0.1) is 22.4 Å². The number of thiazole rings is 1. The molecule has 0 unspecified atom stereocenters. The molecular formula is C87H81N7S. The second-order valence-electron chi connectivity index (χ2n) is 22.1. The number of para-hydroxylation sites is 1. The first-order valence-corrected chi connectivity index (χ1v) is 33.5. The first kappa shape index (κ1) is 68.2. The van der Waals surface area contributed by atoms with E-state index in [1.165, 1.54) is 98.5 Å². The SMILES string of the molecule is C1=CC(c2ccccc2)=CC1.C1=CCC=C1.C1=Cc2ccccc2C1.C1=Cc2cccnc2C1.c1cc(-c2cscn2)ccn1.c1cc(C2CCCCC2)ccn1.c1ccc(-c2ccncc2)cc1.c1ccc2ccccc2c1.c1ccc2ncccc2c1.c1ccncc1. The van der Waals surface area contributed by atoms with Crippen LogP contribution >= 0.6 is 11.3 Å². The fourth-order valence-corrected chi connectivity index (χ4v) is 11.1. The molecule has 95 heavy (non-hydrogen) atoms. The fraction of sp³-hybridized carbons (Fsp3) is 0.115. The zero-order valence-corrected chi connectivity index (χ0v) is 54.6. The molecule has 0 bridgehead atoms. The lowest BCUT2D eigenvalue weighted by Crippen LogP contribution is -2.03. The summed E-state index contributed by atoms with van der Waals surface area (Å²) in [6.07, 6.45) is 53.1. The van der Waals surface area contributed by atoms with Gasteiger partial charge in [-0.2, -0.15) is 0 Å². The van der Waals surface area contributed by atoms with Gasteiger partial charge in [-0.3, -0.25) is 29.9 Å². The third kappa shape index (κ3) is 24.8. The minimum absolute atomic E-state index is 0.821. The van der Waals surface area contributed by atoms with Crippen LogP contribution in [0, 0.1) is 0 Å². The molecule has 0 N–H and O–H groups in total. The summed E-state index contributed by atoms with van der Waals surface area (Å²) < 4.78 is 0. The Hall–Kier alpha value is -11.2. The summed E-state index contributed by atoms with van der Waals surface area (Å²) in [6.45, 7) is 0. The van der Waals surface area contributed by atoms with Crippen molar-refractivity contribution in [3.05, 3.63) is 398 Å². The topological polar surface area (TPSA) is 90.2 Å². The van der Waals surface area contributed by atoms with E-state index in [-0.39, 0.29) is 0 Å². The molecule has 7 heterocycles. The van der Waals surface area contributed by atoms with Crippen LogP contribution in [0.4, 0.5) is 0 Å². The van der Waals surface area contributed by atoms with Crippen molar-refractivity contribution in [1.29, 1.82) is 0 Å². The summed E-state index contributed by atoms with van der Waals surface area (Å²) in [5.74, 6) is 0.821. The zero-order valence-electron chi connectivity index (χ0n) is 53.8. The maximum absolute atomic E-state index is 4.20. The molecule has 8 heteroatoms. The number of benzene rings is 6. The average molecular weight is 1260 g/mol. The van der Waals surface area contributed by atoms with Crippen molar-refractivity contribution in [1.82, 2.24) is 34.9 Å². The van der Waals surface area contributed by atoms with Crippen LogP contribution in [0.5, 0.6) is 0 Å². The van der Waals surface area contributed by atoms with Crippen LogP contribution < -0.4 is 0 Å². The van der Waals surface area contributed by atoms with E-state index in [0.717, 1.165) is 48.4 Å². The lowest BCUT2D eigenvalue weighted by molar-refractivity contribution is 0.443. The van der Waals surface area contributed by atoms with Crippen molar-refractivity contribution in [3.8, 4) is 22.4 Å². The molecule has 5 aliphatic rings. The molecule has 0 spiro atoms. The lowest BCUT2D eigenvalue weighted by Gasteiger charge is -2.21.